The van der Waals surface area contributed by atoms with Crippen LogP contribution in [0.15, 0.2) is 60.9 Å². The standard InChI is InChI=1S/C36H46N8O6/c1-9-44(33(46)30(21(4)5)42-36(48)50-8)22(6)31-37-18-27(39-31)25-14-10-23(11-15-25)24-12-16-26(17-13-24)28-19-38-34(40-28)43-32(45)29(20(2)3)41-35(47)49-7/h10-22,29-30H,9H2,1-8H3,(H,37,39)(H,41,47)(H,42,48)(H2,38,40,43,45). The van der Waals surface area contributed by atoms with Gasteiger partial charge in [0.1, 0.15) is 17.9 Å². The highest BCUT2D eigenvalue weighted by atomic mass is 16.5. The molecule has 2 aromatic heterocycles. The molecule has 2 aromatic carbocycles. The van der Waals surface area contributed by atoms with Crippen LogP contribution in [0.1, 0.15) is 53.4 Å². The Bertz CT molecular complexity index is 1760. The summed E-state index contributed by atoms with van der Waals surface area (Å²) >= 11 is 0. The highest BCUT2D eigenvalue weighted by Crippen LogP contribution is 2.28. The van der Waals surface area contributed by atoms with Gasteiger partial charge in [0.15, 0.2) is 0 Å². The second kappa shape index (κ2) is 16.6. The molecular formula is C36H46N8O6. The lowest BCUT2D eigenvalue weighted by atomic mass is 10.0. The number of amides is 4. The molecule has 50 heavy (non-hydrogen) atoms. The van der Waals surface area contributed by atoms with Crippen LogP contribution >= 0.6 is 0 Å². The number of hydrogen-bond acceptors (Lipinski definition) is 8. The molecule has 0 radical (unpaired) electrons. The molecule has 14 heteroatoms. The first-order valence-corrected chi connectivity index (χ1v) is 16.5. The zero-order valence-corrected chi connectivity index (χ0v) is 29.7. The molecule has 4 aromatic rings. The van der Waals surface area contributed by atoms with Crippen LogP contribution in [0.4, 0.5) is 15.5 Å². The first-order chi connectivity index (χ1) is 23.9. The van der Waals surface area contributed by atoms with Crippen LogP contribution in [0, 0.1) is 11.8 Å². The Kier molecular flexibility index (Phi) is 12.4. The molecule has 0 fully saturated rings. The number of nitrogens with one attached hydrogen (secondary N) is 5. The Balaban J connectivity index is 1.42. The van der Waals surface area contributed by atoms with Gasteiger partial charge in [-0.15, -0.1) is 0 Å². The van der Waals surface area contributed by atoms with E-state index in [-0.39, 0.29) is 29.7 Å². The predicted molar refractivity (Wildman–Crippen MR) is 190 cm³/mol. The minimum absolute atomic E-state index is 0.135. The number of alkyl carbamates (subject to hydrolysis) is 2. The summed E-state index contributed by atoms with van der Waals surface area (Å²) in [5, 5.41) is 7.91. The largest absolute Gasteiger partial charge is 0.453 e. The van der Waals surface area contributed by atoms with Crippen molar-refractivity contribution in [2.24, 2.45) is 11.8 Å². The number of anilines is 1. The molecule has 14 nitrogen and oxygen atoms in total. The van der Waals surface area contributed by atoms with Gasteiger partial charge < -0.3 is 35.0 Å². The van der Waals surface area contributed by atoms with Crippen LogP contribution < -0.4 is 16.0 Å². The average molecular weight is 687 g/mol. The van der Waals surface area contributed by atoms with Crippen molar-refractivity contribution in [2.75, 3.05) is 26.1 Å². The van der Waals surface area contributed by atoms with Crippen LogP contribution in [0.25, 0.3) is 33.6 Å². The van der Waals surface area contributed by atoms with Gasteiger partial charge in [-0.2, -0.15) is 0 Å². The van der Waals surface area contributed by atoms with Gasteiger partial charge in [-0.05, 0) is 47.9 Å². The normalized spacial score (nSPS) is 12.9. The van der Waals surface area contributed by atoms with Gasteiger partial charge in [0.2, 0.25) is 17.8 Å². The maximum Gasteiger partial charge on any atom is 0.407 e. The topological polar surface area (TPSA) is 183 Å². The Morgan fingerprint density at radius 2 is 1.16 bits per heavy atom. The Hall–Kier alpha value is -5.66. The van der Waals surface area contributed by atoms with E-state index in [0.29, 0.717) is 12.4 Å². The predicted octanol–water partition coefficient (Wildman–Crippen LogP) is 5.74. The fraction of sp³-hybridized carbons (Fsp3) is 0.389. The number of nitrogens with zero attached hydrogens (tertiary/aromatic N) is 3. The van der Waals surface area contributed by atoms with Crippen LogP contribution in [-0.2, 0) is 19.1 Å². The number of H-pyrrole nitrogens is 2. The van der Waals surface area contributed by atoms with E-state index in [1.54, 1.807) is 17.3 Å². The zero-order valence-electron chi connectivity index (χ0n) is 29.7. The summed E-state index contributed by atoms with van der Waals surface area (Å²) in [5.74, 6) is -0.0181. The fourth-order valence-corrected chi connectivity index (χ4v) is 5.47. The number of rotatable bonds is 13. The lowest BCUT2D eigenvalue weighted by molar-refractivity contribution is -0.136. The first-order valence-electron chi connectivity index (χ1n) is 16.5. The number of ether oxygens (including phenoxy) is 2. The number of benzene rings is 2. The van der Waals surface area contributed by atoms with Crippen molar-refractivity contribution >= 4 is 29.9 Å². The molecule has 3 atom stereocenters. The van der Waals surface area contributed by atoms with Crippen LogP contribution in [0.3, 0.4) is 0 Å². The Labute approximate surface area is 291 Å². The molecule has 0 aliphatic rings. The van der Waals surface area contributed by atoms with Crippen LogP contribution in [0.5, 0.6) is 0 Å². The van der Waals surface area contributed by atoms with Crippen molar-refractivity contribution in [1.82, 2.24) is 35.5 Å². The van der Waals surface area contributed by atoms with E-state index in [9.17, 15) is 19.2 Å². The van der Waals surface area contributed by atoms with Crippen molar-refractivity contribution in [1.29, 1.82) is 0 Å². The number of hydrogen-bond donors (Lipinski definition) is 5. The summed E-state index contributed by atoms with van der Waals surface area (Å²) < 4.78 is 9.35. The van der Waals surface area contributed by atoms with E-state index in [1.807, 2.05) is 90.1 Å². The third-order valence-electron chi connectivity index (χ3n) is 8.42. The lowest BCUT2D eigenvalue weighted by Crippen LogP contribution is -2.51. The Morgan fingerprint density at radius 1 is 0.700 bits per heavy atom. The third kappa shape index (κ3) is 8.87. The third-order valence-corrected chi connectivity index (χ3v) is 8.42. The number of aromatic amines is 2. The molecule has 2 heterocycles. The Morgan fingerprint density at radius 3 is 1.64 bits per heavy atom. The van der Waals surface area contributed by atoms with Crippen LogP contribution in [0.2, 0.25) is 0 Å². The van der Waals surface area contributed by atoms with E-state index in [0.717, 1.165) is 33.6 Å². The molecule has 0 aliphatic carbocycles. The fourth-order valence-electron chi connectivity index (χ4n) is 5.47. The summed E-state index contributed by atoms with van der Waals surface area (Å²) in [7, 11) is 2.51. The number of likely N-dealkylation sites (N-methyl/N-ethyl adjacent to an activating group) is 1. The maximum atomic E-state index is 13.4. The molecular weight excluding hydrogens is 640 g/mol. The number of methoxy groups -OCH3 is 2. The molecule has 266 valence electrons. The second-order valence-electron chi connectivity index (χ2n) is 12.5. The van der Waals surface area contributed by atoms with E-state index in [1.165, 1.54) is 14.2 Å². The summed E-state index contributed by atoms with van der Waals surface area (Å²) in [6, 6.07) is 14.1. The summed E-state index contributed by atoms with van der Waals surface area (Å²) in [4.78, 5) is 66.7. The number of aromatic nitrogens is 4. The quantitative estimate of drug-likeness (QED) is 0.118. The monoisotopic (exact) mass is 686 g/mol. The SMILES string of the molecule is CCN(C(=O)C(NC(=O)OC)C(C)C)C(C)c1ncc(-c2ccc(-c3ccc(-c4cnc(NC(=O)C(NC(=O)OC)C(C)C)[nH]4)cc3)cc2)[nH]1. The average Bonchev–Trinajstić information content (AvgIpc) is 3.80. The summed E-state index contributed by atoms with van der Waals surface area (Å²) in [5.41, 5.74) is 5.38. The van der Waals surface area contributed by atoms with Gasteiger partial charge in [0.05, 0.1) is 44.0 Å². The van der Waals surface area contributed by atoms with Gasteiger partial charge in [-0.25, -0.2) is 19.6 Å². The van der Waals surface area contributed by atoms with Crippen molar-refractivity contribution < 1.29 is 28.7 Å². The number of carbonyl (C=O) groups is 4. The van der Waals surface area contributed by atoms with Gasteiger partial charge in [0.25, 0.3) is 0 Å². The second-order valence-corrected chi connectivity index (χ2v) is 12.5. The number of imidazole rings is 2. The van der Waals surface area contributed by atoms with E-state index in [2.05, 4.69) is 40.6 Å². The minimum atomic E-state index is -0.788. The molecule has 3 unspecified atom stereocenters. The maximum absolute atomic E-state index is 13.4. The zero-order chi connectivity index (χ0) is 36.5. The lowest BCUT2D eigenvalue weighted by Gasteiger charge is -2.32. The van der Waals surface area contributed by atoms with Gasteiger partial charge >= 0.3 is 12.2 Å². The van der Waals surface area contributed by atoms with E-state index in [4.69, 9.17) is 4.74 Å². The molecule has 5 N–H and O–H groups in total. The smallest absolute Gasteiger partial charge is 0.407 e. The summed E-state index contributed by atoms with van der Waals surface area (Å²) in [6.07, 6.45) is 2.05. The van der Waals surface area contributed by atoms with Crippen molar-refractivity contribution in [3.8, 4) is 33.6 Å². The highest BCUT2D eigenvalue weighted by Gasteiger charge is 2.32. The van der Waals surface area contributed by atoms with Crippen molar-refractivity contribution in [2.45, 2.75) is 59.7 Å². The minimum Gasteiger partial charge on any atom is -0.453 e. The molecule has 4 rings (SSSR count). The van der Waals surface area contributed by atoms with Crippen molar-refractivity contribution in [3.63, 3.8) is 0 Å². The van der Waals surface area contributed by atoms with Crippen molar-refractivity contribution in [3.05, 3.63) is 66.7 Å². The van der Waals surface area contributed by atoms with Gasteiger partial charge in [0, 0.05) is 6.54 Å². The van der Waals surface area contributed by atoms with E-state index < -0.39 is 30.2 Å². The summed E-state index contributed by atoms with van der Waals surface area (Å²) in [6.45, 7) is 11.6. The molecule has 0 bridgehead atoms. The van der Waals surface area contributed by atoms with Crippen LogP contribution in [-0.4, -0.2) is 81.7 Å². The molecule has 0 spiro atoms. The number of carbonyl (C=O) groups excluding carboxylic acids is 4. The molecule has 0 saturated carbocycles. The first kappa shape index (κ1) is 37.2. The van der Waals surface area contributed by atoms with E-state index >= 15 is 0 Å². The molecule has 0 saturated heterocycles. The molecule has 0 aliphatic heterocycles. The van der Waals surface area contributed by atoms with Gasteiger partial charge in [-0.1, -0.05) is 76.2 Å². The van der Waals surface area contributed by atoms with Gasteiger partial charge in [-0.3, -0.25) is 14.9 Å². The molecule has 4 amide bonds. The highest BCUT2D eigenvalue weighted by molar-refractivity contribution is 5.95.